The van der Waals surface area contributed by atoms with E-state index in [4.69, 9.17) is 5.11 Å². The van der Waals surface area contributed by atoms with Crippen LogP contribution in [0.5, 0.6) is 0 Å². The van der Waals surface area contributed by atoms with Crippen molar-refractivity contribution in [2.45, 2.75) is 45.6 Å². The minimum absolute atomic E-state index is 0.0226. The second-order valence-corrected chi connectivity index (χ2v) is 5.28. The molecule has 1 unspecified atom stereocenters. The molecule has 0 aromatic carbocycles. The molecule has 1 atom stereocenters. The van der Waals surface area contributed by atoms with Crippen molar-refractivity contribution in [3.05, 3.63) is 0 Å². The van der Waals surface area contributed by atoms with Crippen LogP contribution in [0.2, 0.25) is 0 Å². The molecule has 0 bridgehead atoms. The first-order valence-electron chi connectivity index (χ1n) is 5.16. The molecule has 0 saturated heterocycles. The van der Waals surface area contributed by atoms with Crippen molar-refractivity contribution >= 4 is 10.0 Å². The number of aliphatic hydroxyl groups excluding tert-OH is 1. The second kappa shape index (κ2) is 7.20. The van der Waals surface area contributed by atoms with Crippen LogP contribution in [0.3, 0.4) is 0 Å². The van der Waals surface area contributed by atoms with Crippen molar-refractivity contribution in [1.29, 1.82) is 0 Å². The van der Waals surface area contributed by atoms with Crippen molar-refractivity contribution in [1.82, 2.24) is 4.72 Å². The fourth-order valence-electron chi connectivity index (χ4n) is 1.15. The Morgan fingerprint density at radius 1 is 1.36 bits per heavy atom. The summed E-state index contributed by atoms with van der Waals surface area (Å²) in [6.07, 6.45) is 2.76. The van der Waals surface area contributed by atoms with E-state index >= 15 is 0 Å². The lowest BCUT2D eigenvalue weighted by Crippen LogP contribution is -2.36. The Morgan fingerprint density at radius 3 is 2.43 bits per heavy atom. The molecule has 0 aliphatic rings. The van der Waals surface area contributed by atoms with Crippen molar-refractivity contribution in [3.63, 3.8) is 0 Å². The molecule has 0 fully saturated rings. The van der Waals surface area contributed by atoms with E-state index in [9.17, 15) is 8.42 Å². The third kappa shape index (κ3) is 6.34. The van der Waals surface area contributed by atoms with E-state index in [-0.39, 0.29) is 18.4 Å². The van der Waals surface area contributed by atoms with Gasteiger partial charge in [0.05, 0.1) is 5.75 Å². The summed E-state index contributed by atoms with van der Waals surface area (Å²) in [4.78, 5) is 0. The van der Waals surface area contributed by atoms with Crippen LogP contribution in [0.1, 0.15) is 39.5 Å². The first kappa shape index (κ1) is 13.9. The molecule has 0 spiro atoms. The Hall–Kier alpha value is -0.130. The highest BCUT2D eigenvalue weighted by Crippen LogP contribution is 2.01. The van der Waals surface area contributed by atoms with Crippen molar-refractivity contribution < 1.29 is 13.5 Å². The Labute approximate surface area is 86.8 Å². The highest BCUT2D eigenvalue weighted by atomic mass is 32.2. The minimum Gasteiger partial charge on any atom is -0.396 e. The van der Waals surface area contributed by atoms with E-state index in [0.717, 1.165) is 6.42 Å². The lowest BCUT2D eigenvalue weighted by atomic mass is 10.2. The molecule has 0 amide bonds. The van der Waals surface area contributed by atoms with Crippen molar-refractivity contribution in [2.24, 2.45) is 0 Å². The first-order chi connectivity index (χ1) is 6.55. The van der Waals surface area contributed by atoms with Crippen LogP contribution in [0.25, 0.3) is 0 Å². The minimum atomic E-state index is -3.14. The molecule has 14 heavy (non-hydrogen) atoms. The van der Waals surface area contributed by atoms with E-state index in [2.05, 4.69) is 4.72 Å². The largest absolute Gasteiger partial charge is 0.396 e. The van der Waals surface area contributed by atoms with Gasteiger partial charge in [-0.05, 0) is 19.3 Å². The zero-order valence-corrected chi connectivity index (χ0v) is 9.81. The molecule has 0 rings (SSSR count). The summed E-state index contributed by atoms with van der Waals surface area (Å²) in [5.74, 6) is 0.186. The molecule has 0 aliphatic heterocycles. The standard InChI is InChI=1S/C9H21NO3S/c1-3-5-8-14(12,13)10-9(4-2)6-7-11/h9-11H,3-8H2,1-2H3. The third-order valence-electron chi connectivity index (χ3n) is 2.08. The van der Waals surface area contributed by atoms with Crippen LogP contribution in [0.4, 0.5) is 0 Å². The van der Waals surface area contributed by atoms with Crippen LogP contribution < -0.4 is 4.72 Å². The second-order valence-electron chi connectivity index (χ2n) is 3.41. The summed E-state index contributed by atoms with van der Waals surface area (Å²) < 4.78 is 25.5. The van der Waals surface area contributed by atoms with Gasteiger partial charge in [-0.3, -0.25) is 0 Å². The maximum absolute atomic E-state index is 11.4. The number of unbranched alkanes of at least 4 members (excludes halogenated alkanes) is 1. The number of hydrogen-bond donors (Lipinski definition) is 2. The average molecular weight is 223 g/mol. The van der Waals surface area contributed by atoms with Crippen molar-refractivity contribution in [3.8, 4) is 0 Å². The maximum Gasteiger partial charge on any atom is 0.211 e. The summed E-state index contributed by atoms with van der Waals surface area (Å²) >= 11 is 0. The predicted molar refractivity (Wildman–Crippen MR) is 57.6 cm³/mol. The summed E-state index contributed by atoms with van der Waals surface area (Å²) in [6, 6.07) is -0.123. The van der Waals surface area contributed by atoms with Gasteiger partial charge in [-0.15, -0.1) is 0 Å². The van der Waals surface area contributed by atoms with Gasteiger partial charge < -0.3 is 5.11 Å². The van der Waals surface area contributed by atoms with Gasteiger partial charge in [-0.1, -0.05) is 20.3 Å². The smallest absolute Gasteiger partial charge is 0.211 e. The van der Waals surface area contributed by atoms with Gasteiger partial charge in [0, 0.05) is 12.6 Å². The maximum atomic E-state index is 11.4. The molecule has 0 saturated carbocycles. The normalized spacial score (nSPS) is 14.2. The summed E-state index contributed by atoms with van der Waals surface area (Å²) in [5.41, 5.74) is 0. The van der Waals surface area contributed by atoms with Gasteiger partial charge in [0.1, 0.15) is 0 Å². The fraction of sp³-hybridized carbons (Fsp3) is 1.00. The van der Waals surface area contributed by atoms with Gasteiger partial charge in [0.25, 0.3) is 0 Å². The number of rotatable bonds is 8. The van der Waals surface area contributed by atoms with E-state index in [0.29, 0.717) is 19.3 Å². The molecule has 0 aromatic rings. The Morgan fingerprint density at radius 2 is 2.00 bits per heavy atom. The van der Waals surface area contributed by atoms with Crippen LogP contribution in [0, 0.1) is 0 Å². The number of nitrogens with one attached hydrogen (secondary N) is 1. The van der Waals surface area contributed by atoms with Gasteiger partial charge in [-0.25, -0.2) is 13.1 Å². The Bertz CT molecular complexity index is 226. The molecule has 2 N–H and O–H groups in total. The van der Waals surface area contributed by atoms with Crippen LogP contribution in [-0.4, -0.2) is 31.9 Å². The molecule has 0 heterocycles. The van der Waals surface area contributed by atoms with E-state index < -0.39 is 10.0 Å². The van der Waals surface area contributed by atoms with Crippen LogP contribution in [-0.2, 0) is 10.0 Å². The van der Waals surface area contributed by atoms with Gasteiger partial charge in [0.15, 0.2) is 0 Å². The van der Waals surface area contributed by atoms with Crippen LogP contribution >= 0.6 is 0 Å². The number of sulfonamides is 1. The molecular formula is C9H21NO3S. The molecule has 0 aliphatic carbocycles. The van der Waals surface area contributed by atoms with Crippen molar-refractivity contribution in [2.75, 3.05) is 12.4 Å². The summed E-state index contributed by atoms with van der Waals surface area (Å²) in [6.45, 7) is 3.89. The quantitative estimate of drug-likeness (QED) is 0.641. The summed E-state index contributed by atoms with van der Waals surface area (Å²) in [5, 5.41) is 8.71. The SMILES string of the molecule is CCCCS(=O)(=O)NC(CC)CCO. The predicted octanol–water partition coefficient (Wildman–Crippen LogP) is 0.867. The first-order valence-corrected chi connectivity index (χ1v) is 6.81. The Kier molecular flexibility index (Phi) is 7.13. The third-order valence-corrected chi connectivity index (χ3v) is 3.60. The molecule has 5 heteroatoms. The summed E-state index contributed by atoms with van der Waals surface area (Å²) in [7, 11) is -3.14. The van der Waals surface area contributed by atoms with Gasteiger partial charge >= 0.3 is 0 Å². The van der Waals surface area contributed by atoms with Gasteiger partial charge in [-0.2, -0.15) is 0 Å². The molecule has 0 aromatic heterocycles. The lowest BCUT2D eigenvalue weighted by molar-refractivity contribution is 0.270. The zero-order chi connectivity index (χ0) is 11.0. The number of aliphatic hydroxyl groups is 1. The van der Waals surface area contributed by atoms with Gasteiger partial charge in [0.2, 0.25) is 10.0 Å². The Balaban J connectivity index is 4.04. The molecule has 0 radical (unpaired) electrons. The highest BCUT2D eigenvalue weighted by molar-refractivity contribution is 7.89. The fourth-order valence-corrected chi connectivity index (χ4v) is 2.73. The average Bonchev–Trinajstić information content (AvgIpc) is 2.14. The zero-order valence-electron chi connectivity index (χ0n) is 8.99. The highest BCUT2D eigenvalue weighted by Gasteiger charge is 2.15. The van der Waals surface area contributed by atoms with E-state index in [1.54, 1.807) is 0 Å². The van der Waals surface area contributed by atoms with E-state index in [1.807, 2.05) is 13.8 Å². The lowest BCUT2D eigenvalue weighted by Gasteiger charge is -2.15. The molecule has 4 nitrogen and oxygen atoms in total. The molecular weight excluding hydrogens is 202 g/mol. The monoisotopic (exact) mass is 223 g/mol. The number of hydrogen-bond acceptors (Lipinski definition) is 3. The van der Waals surface area contributed by atoms with Crippen LogP contribution in [0.15, 0.2) is 0 Å². The topological polar surface area (TPSA) is 66.4 Å². The van der Waals surface area contributed by atoms with E-state index in [1.165, 1.54) is 0 Å². The molecule has 86 valence electrons.